The van der Waals surface area contributed by atoms with Gasteiger partial charge in [0.1, 0.15) is 25.5 Å². The molecule has 84 valence electrons. The molecule has 0 spiro atoms. The number of alkyl halides is 1. The minimum atomic E-state index is -4.81. The second-order valence-corrected chi connectivity index (χ2v) is 3.64. The van der Waals surface area contributed by atoms with Crippen LogP contribution in [0.15, 0.2) is 0 Å². The SMILES string of the molecule is O=C(COP(=O)(O)O)C(O)C(O)CF. The smallest absolute Gasteiger partial charge is 0.387 e. The molecule has 4 N–H and O–H groups in total. The molecule has 0 amide bonds. The second-order valence-electron chi connectivity index (χ2n) is 2.40. The minimum absolute atomic E-state index is 1.09. The Balaban J connectivity index is 4.03. The minimum Gasteiger partial charge on any atom is -0.387 e. The van der Waals surface area contributed by atoms with Crippen molar-refractivity contribution in [2.45, 2.75) is 12.2 Å². The first kappa shape index (κ1) is 13.6. The van der Waals surface area contributed by atoms with Gasteiger partial charge in [0.15, 0.2) is 5.78 Å². The molecule has 0 aromatic rings. The van der Waals surface area contributed by atoms with Crippen LogP contribution in [-0.2, 0) is 13.9 Å². The number of halogens is 1. The Morgan fingerprint density at radius 3 is 2.29 bits per heavy atom. The van der Waals surface area contributed by atoms with Crippen molar-refractivity contribution in [2.75, 3.05) is 13.3 Å². The van der Waals surface area contributed by atoms with Crippen LogP contribution in [0.4, 0.5) is 4.39 Å². The number of Topliss-reactive ketones (excluding diaryl/α,β-unsaturated/α-hetero) is 1. The van der Waals surface area contributed by atoms with Gasteiger partial charge in [-0.1, -0.05) is 0 Å². The Kier molecular flexibility index (Phi) is 5.35. The maximum absolute atomic E-state index is 11.7. The highest BCUT2D eigenvalue weighted by atomic mass is 31.2. The van der Waals surface area contributed by atoms with Crippen molar-refractivity contribution in [1.29, 1.82) is 0 Å². The standard InChI is InChI=1S/C5H10FO7P/c6-1-3(7)5(9)4(8)2-13-14(10,11)12/h3,5,7,9H,1-2H2,(H2,10,11,12). The number of carbonyl (C=O) groups excluding carboxylic acids is 1. The molecule has 0 saturated carbocycles. The number of aliphatic hydroxyl groups excluding tert-OH is 2. The maximum atomic E-state index is 11.7. The highest BCUT2D eigenvalue weighted by molar-refractivity contribution is 7.46. The monoisotopic (exact) mass is 232 g/mol. The molecule has 0 rings (SSSR count). The van der Waals surface area contributed by atoms with Gasteiger partial charge in [0, 0.05) is 0 Å². The number of rotatable bonds is 6. The zero-order valence-electron chi connectivity index (χ0n) is 6.91. The summed E-state index contributed by atoms with van der Waals surface area (Å²) in [6.07, 6.45) is -3.96. The average molecular weight is 232 g/mol. The molecule has 2 unspecified atom stereocenters. The lowest BCUT2D eigenvalue weighted by atomic mass is 10.1. The third-order valence-electron chi connectivity index (χ3n) is 1.23. The molecule has 0 bridgehead atoms. The van der Waals surface area contributed by atoms with Crippen LogP contribution >= 0.6 is 7.82 Å². The van der Waals surface area contributed by atoms with E-state index in [0.29, 0.717) is 0 Å². The number of carbonyl (C=O) groups is 1. The fourth-order valence-corrected chi connectivity index (χ4v) is 0.827. The fraction of sp³-hybridized carbons (Fsp3) is 0.800. The van der Waals surface area contributed by atoms with Gasteiger partial charge in [-0.15, -0.1) is 0 Å². The Morgan fingerprint density at radius 1 is 1.43 bits per heavy atom. The van der Waals surface area contributed by atoms with E-state index in [4.69, 9.17) is 20.0 Å². The molecule has 7 nitrogen and oxygen atoms in total. The van der Waals surface area contributed by atoms with Crippen molar-refractivity contribution >= 4 is 13.6 Å². The molecule has 2 atom stereocenters. The molecule has 14 heavy (non-hydrogen) atoms. The van der Waals surface area contributed by atoms with Crippen LogP contribution in [0.5, 0.6) is 0 Å². The van der Waals surface area contributed by atoms with Gasteiger partial charge >= 0.3 is 7.82 Å². The van der Waals surface area contributed by atoms with Gasteiger partial charge in [-0.2, -0.15) is 0 Å². The van der Waals surface area contributed by atoms with Crippen molar-refractivity contribution in [1.82, 2.24) is 0 Å². The van der Waals surface area contributed by atoms with Gasteiger partial charge in [0.2, 0.25) is 0 Å². The van der Waals surface area contributed by atoms with Gasteiger partial charge in [-0.05, 0) is 0 Å². The predicted octanol–water partition coefficient (Wildman–Crippen LogP) is -1.64. The predicted molar refractivity (Wildman–Crippen MR) is 41.0 cm³/mol. The van der Waals surface area contributed by atoms with E-state index in [-0.39, 0.29) is 0 Å². The van der Waals surface area contributed by atoms with Crippen LogP contribution in [0.25, 0.3) is 0 Å². The first-order valence-electron chi connectivity index (χ1n) is 3.43. The van der Waals surface area contributed by atoms with E-state index in [2.05, 4.69) is 4.52 Å². The van der Waals surface area contributed by atoms with Gasteiger partial charge in [-0.3, -0.25) is 9.32 Å². The third kappa shape index (κ3) is 5.38. The largest absolute Gasteiger partial charge is 0.470 e. The number of hydrogen-bond donors (Lipinski definition) is 4. The summed E-state index contributed by atoms with van der Waals surface area (Å²) < 4.78 is 25.5. The first-order chi connectivity index (χ1) is 6.28. The molecule has 0 aromatic carbocycles. The topological polar surface area (TPSA) is 124 Å². The van der Waals surface area contributed by atoms with Crippen LogP contribution in [0.2, 0.25) is 0 Å². The van der Waals surface area contributed by atoms with Crippen molar-refractivity contribution in [3.8, 4) is 0 Å². The van der Waals surface area contributed by atoms with Crippen molar-refractivity contribution < 1.29 is 38.3 Å². The van der Waals surface area contributed by atoms with Crippen LogP contribution in [0.3, 0.4) is 0 Å². The normalized spacial score (nSPS) is 16.4. The summed E-state index contributed by atoms with van der Waals surface area (Å²) in [5, 5.41) is 17.4. The average Bonchev–Trinajstić information content (AvgIpc) is 2.10. The lowest BCUT2D eigenvalue weighted by Crippen LogP contribution is -2.37. The summed E-state index contributed by atoms with van der Waals surface area (Å²) in [6, 6.07) is 0. The summed E-state index contributed by atoms with van der Waals surface area (Å²) in [6.45, 7) is -2.44. The summed E-state index contributed by atoms with van der Waals surface area (Å²) in [4.78, 5) is 27.1. The molecule has 9 heteroatoms. The maximum Gasteiger partial charge on any atom is 0.470 e. The summed E-state index contributed by atoms with van der Waals surface area (Å²) >= 11 is 0. The van der Waals surface area contributed by atoms with Crippen molar-refractivity contribution in [3.63, 3.8) is 0 Å². The molecule has 0 aliphatic carbocycles. The van der Waals surface area contributed by atoms with E-state index in [1.54, 1.807) is 0 Å². The molecule has 0 radical (unpaired) electrons. The van der Waals surface area contributed by atoms with Crippen molar-refractivity contribution in [3.05, 3.63) is 0 Å². The van der Waals surface area contributed by atoms with Crippen molar-refractivity contribution in [2.24, 2.45) is 0 Å². The molecule has 0 aliphatic rings. The second kappa shape index (κ2) is 5.50. The van der Waals surface area contributed by atoms with Gasteiger partial charge in [-0.25, -0.2) is 8.96 Å². The van der Waals surface area contributed by atoms with Crippen LogP contribution < -0.4 is 0 Å². The van der Waals surface area contributed by atoms with Gasteiger partial charge in [0.05, 0.1) is 0 Å². The highest BCUT2D eigenvalue weighted by Gasteiger charge is 2.26. The number of hydrogen-bond acceptors (Lipinski definition) is 5. The van der Waals surface area contributed by atoms with E-state index >= 15 is 0 Å². The molecular formula is C5H10FO7P. The van der Waals surface area contributed by atoms with E-state index in [0.717, 1.165) is 0 Å². The van der Waals surface area contributed by atoms with E-state index in [1.807, 2.05) is 0 Å². The first-order valence-corrected chi connectivity index (χ1v) is 4.96. The number of phosphoric ester groups is 1. The van der Waals surface area contributed by atoms with E-state index < -0.39 is 39.1 Å². The number of ketones is 1. The molecule has 0 saturated heterocycles. The Bertz CT molecular complexity index is 238. The molecule has 0 fully saturated rings. The molecule has 0 aliphatic heterocycles. The summed E-state index contributed by atoms with van der Waals surface area (Å²) in [5.41, 5.74) is 0. The Hall–Kier alpha value is -0.370. The Labute approximate surface area is 78.4 Å². The number of aliphatic hydroxyl groups is 2. The van der Waals surface area contributed by atoms with Crippen LogP contribution in [-0.4, -0.2) is 51.3 Å². The lowest BCUT2D eigenvalue weighted by molar-refractivity contribution is -0.136. The summed E-state index contributed by atoms with van der Waals surface area (Å²) in [5.74, 6) is -1.21. The van der Waals surface area contributed by atoms with E-state index in [9.17, 15) is 13.8 Å². The highest BCUT2D eigenvalue weighted by Crippen LogP contribution is 2.35. The van der Waals surface area contributed by atoms with Gasteiger partial charge < -0.3 is 20.0 Å². The van der Waals surface area contributed by atoms with Gasteiger partial charge in [0.25, 0.3) is 0 Å². The number of phosphoric acid groups is 1. The quantitative estimate of drug-likeness (QED) is 0.404. The zero-order chi connectivity index (χ0) is 11.4. The lowest BCUT2D eigenvalue weighted by Gasteiger charge is -2.13. The molecule has 0 aromatic heterocycles. The van der Waals surface area contributed by atoms with Crippen LogP contribution in [0, 0.1) is 0 Å². The molecule has 0 heterocycles. The zero-order valence-corrected chi connectivity index (χ0v) is 7.80. The third-order valence-corrected chi connectivity index (χ3v) is 1.69. The summed E-state index contributed by atoms with van der Waals surface area (Å²) in [7, 11) is -4.81. The van der Waals surface area contributed by atoms with Crippen LogP contribution in [0.1, 0.15) is 0 Å². The van der Waals surface area contributed by atoms with E-state index in [1.165, 1.54) is 0 Å². The Morgan fingerprint density at radius 2 is 1.93 bits per heavy atom. The molecular weight excluding hydrogens is 222 g/mol. The fourth-order valence-electron chi connectivity index (χ4n) is 0.532.